The molecule has 0 atom stereocenters. The maximum Gasteiger partial charge on any atom is 0.188 e. The summed E-state index contributed by atoms with van der Waals surface area (Å²) in [5.74, 6) is 0. The van der Waals surface area contributed by atoms with E-state index in [1.54, 1.807) is 0 Å². The van der Waals surface area contributed by atoms with Crippen LogP contribution in [0.3, 0.4) is 0 Å². The molecule has 0 spiro atoms. The van der Waals surface area contributed by atoms with Gasteiger partial charge in [0.15, 0.2) is 5.69 Å². The zero-order chi connectivity index (χ0) is 36.6. The van der Waals surface area contributed by atoms with Crippen molar-refractivity contribution in [1.82, 2.24) is 13.7 Å². The number of para-hydroxylation sites is 6. The Kier molecular flexibility index (Phi) is 6.61. The molecule has 55 heavy (non-hydrogen) atoms. The van der Waals surface area contributed by atoms with Gasteiger partial charge in [0.05, 0.1) is 62.7 Å². The van der Waals surface area contributed by atoms with E-state index < -0.39 is 0 Å². The molecule has 0 unspecified atom stereocenters. The van der Waals surface area contributed by atoms with Gasteiger partial charge in [-0.3, -0.25) is 0 Å². The largest absolute Gasteiger partial charge is 0.309 e. The molecule has 0 saturated carbocycles. The van der Waals surface area contributed by atoms with Crippen molar-refractivity contribution in [1.29, 1.82) is 5.26 Å². The molecule has 3 aromatic heterocycles. The van der Waals surface area contributed by atoms with Crippen LogP contribution in [0.4, 0.5) is 5.69 Å². The fraction of sp³-hybridized carbons (Fsp3) is 0. The SMILES string of the molecule is [C-]#[N+]c1ccc2c(c1)c1cccc(-n3c4ccccc4c4ccccc43)c1n2-c1cc(C#N)cc(-c2ccccc2-n2c3ccccc3c3ccccc32)c1. The summed E-state index contributed by atoms with van der Waals surface area (Å²) in [7, 11) is 0. The summed E-state index contributed by atoms with van der Waals surface area (Å²) in [4.78, 5) is 3.81. The Hall–Kier alpha value is -7.86. The van der Waals surface area contributed by atoms with Crippen molar-refractivity contribution in [2.75, 3.05) is 0 Å². The van der Waals surface area contributed by atoms with Crippen molar-refractivity contribution in [3.05, 3.63) is 193 Å². The van der Waals surface area contributed by atoms with Gasteiger partial charge in [0.1, 0.15) is 0 Å². The zero-order valence-electron chi connectivity index (χ0n) is 29.5. The minimum Gasteiger partial charge on any atom is -0.309 e. The third-order valence-electron chi connectivity index (χ3n) is 11.0. The first-order valence-electron chi connectivity index (χ1n) is 18.3. The van der Waals surface area contributed by atoms with Gasteiger partial charge in [0.25, 0.3) is 0 Å². The molecule has 0 saturated heterocycles. The summed E-state index contributed by atoms with van der Waals surface area (Å²) in [6, 6.07) is 63.7. The Labute approximate surface area is 316 Å². The minimum absolute atomic E-state index is 0.562. The first-order valence-corrected chi connectivity index (χ1v) is 18.3. The summed E-state index contributed by atoms with van der Waals surface area (Å²) in [6.07, 6.45) is 0. The molecule has 3 heterocycles. The van der Waals surface area contributed by atoms with Crippen LogP contribution in [0.5, 0.6) is 0 Å². The molecule has 0 aliphatic heterocycles. The molecule has 5 heteroatoms. The van der Waals surface area contributed by atoms with E-state index >= 15 is 0 Å². The average Bonchev–Trinajstić information content (AvgIpc) is 3.89. The Morgan fingerprint density at radius 2 is 0.945 bits per heavy atom. The Bertz CT molecular complexity index is 3360. The fourth-order valence-electron chi connectivity index (χ4n) is 8.79. The summed E-state index contributed by atoms with van der Waals surface area (Å²) < 4.78 is 6.97. The zero-order valence-corrected chi connectivity index (χ0v) is 29.5. The molecule has 0 radical (unpaired) electrons. The highest BCUT2D eigenvalue weighted by Crippen LogP contribution is 2.42. The lowest BCUT2D eigenvalue weighted by molar-refractivity contribution is 1.13. The fourth-order valence-corrected chi connectivity index (χ4v) is 8.79. The van der Waals surface area contributed by atoms with Crippen molar-refractivity contribution < 1.29 is 0 Å². The first-order chi connectivity index (χ1) is 27.2. The standard InChI is InChI=1S/C50H29N5/c1-52-34-25-26-48-42(30-34)41-18-12-24-49(55-46-22-10-5-16-39(46)40-17-6-11-23-47(40)55)50(41)53(48)35-28-32(31-51)27-33(29-35)36-13-2-7-19-43(36)54-44-20-8-3-14-37(44)38-15-4-9-21-45(38)54/h2-30H. The third kappa shape index (κ3) is 4.45. The van der Waals surface area contributed by atoms with Crippen LogP contribution in [0.25, 0.3) is 98.5 Å². The van der Waals surface area contributed by atoms with Gasteiger partial charge in [0.2, 0.25) is 0 Å². The molecule has 11 aromatic rings. The normalized spacial score (nSPS) is 11.6. The summed E-state index contributed by atoms with van der Waals surface area (Å²) in [5, 5.41) is 17.4. The van der Waals surface area contributed by atoms with E-state index in [-0.39, 0.29) is 0 Å². The molecular weight excluding hydrogens is 671 g/mol. The lowest BCUT2D eigenvalue weighted by Gasteiger charge is -2.17. The number of rotatable bonds is 4. The molecule has 5 nitrogen and oxygen atoms in total. The second-order valence-electron chi connectivity index (χ2n) is 14.0. The quantitative estimate of drug-likeness (QED) is 0.169. The van der Waals surface area contributed by atoms with Crippen LogP contribution in [-0.4, -0.2) is 13.7 Å². The monoisotopic (exact) mass is 699 g/mol. The van der Waals surface area contributed by atoms with Crippen LogP contribution in [0.2, 0.25) is 0 Å². The number of fused-ring (bicyclic) bond motifs is 9. The van der Waals surface area contributed by atoms with Crippen LogP contribution >= 0.6 is 0 Å². The van der Waals surface area contributed by atoms with Crippen molar-refractivity contribution >= 4 is 71.1 Å². The first kappa shape index (κ1) is 30.7. The summed E-state index contributed by atoms with van der Waals surface area (Å²) >= 11 is 0. The van der Waals surface area contributed by atoms with Crippen molar-refractivity contribution in [3.8, 4) is 34.3 Å². The Morgan fingerprint density at radius 3 is 1.55 bits per heavy atom. The highest BCUT2D eigenvalue weighted by atomic mass is 15.1. The molecule has 254 valence electrons. The maximum atomic E-state index is 10.6. The van der Waals surface area contributed by atoms with Gasteiger partial charge in [-0.1, -0.05) is 109 Å². The van der Waals surface area contributed by atoms with Gasteiger partial charge in [-0.25, -0.2) is 4.85 Å². The van der Waals surface area contributed by atoms with E-state index in [2.05, 4.69) is 170 Å². The highest BCUT2D eigenvalue weighted by molar-refractivity contribution is 6.16. The van der Waals surface area contributed by atoms with E-state index in [9.17, 15) is 5.26 Å². The molecular formula is C50H29N5. The number of hydrogen-bond acceptors (Lipinski definition) is 1. The van der Waals surface area contributed by atoms with E-state index in [0.717, 1.165) is 72.1 Å². The van der Waals surface area contributed by atoms with Crippen molar-refractivity contribution in [2.45, 2.75) is 0 Å². The lowest BCUT2D eigenvalue weighted by atomic mass is 10.00. The predicted octanol–water partition coefficient (Wildman–Crippen LogP) is 13.1. The van der Waals surface area contributed by atoms with Gasteiger partial charge in [0, 0.05) is 38.2 Å². The number of nitriles is 1. The number of hydrogen-bond donors (Lipinski definition) is 0. The van der Waals surface area contributed by atoms with Gasteiger partial charge in [-0.2, -0.15) is 5.26 Å². The molecule has 8 aromatic carbocycles. The number of benzene rings is 8. The topological polar surface area (TPSA) is 42.9 Å². The van der Waals surface area contributed by atoms with Gasteiger partial charge in [-0.05, 0) is 77.7 Å². The molecule has 11 rings (SSSR count). The molecule has 0 fully saturated rings. The summed E-state index contributed by atoms with van der Waals surface area (Å²) in [5.41, 5.74) is 12.5. The Balaban J connectivity index is 1.24. The molecule has 0 N–H and O–H groups in total. The molecule has 0 aliphatic rings. The van der Waals surface area contributed by atoms with Crippen LogP contribution in [0.1, 0.15) is 5.56 Å². The highest BCUT2D eigenvalue weighted by Gasteiger charge is 2.22. The average molecular weight is 700 g/mol. The van der Waals surface area contributed by atoms with Crippen LogP contribution in [-0.2, 0) is 0 Å². The molecule has 0 amide bonds. The van der Waals surface area contributed by atoms with Crippen molar-refractivity contribution in [2.24, 2.45) is 0 Å². The van der Waals surface area contributed by atoms with E-state index in [4.69, 9.17) is 6.57 Å². The van der Waals surface area contributed by atoms with Crippen LogP contribution < -0.4 is 0 Å². The van der Waals surface area contributed by atoms with E-state index in [1.807, 2.05) is 30.3 Å². The Morgan fingerprint density at radius 1 is 0.436 bits per heavy atom. The van der Waals surface area contributed by atoms with Gasteiger partial charge in [-0.15, -0.1) is 0 Å². The second kappa shape index (κ2) is 11.8. The van der Waals surface area contributed by atoms with E-state index in [1.165, 1.54) is 21.5 Å². The van der Waals surface area contributed by atoms with Crippen molar-refractivity contribution in [3.63, 3.8) is 0 Å². The summed E-state index contributed by atoms with van der Waals surface area (Å²) in [6.45, 7) is 7.87. The molecule has 0 bridgehead atoms. The van der Waals surface area contributed by atoms with E-state index in [0.29, 0.717) is 11.3 Å². The molecule has 0 aliphatic carbocycles. The smallest absolute Gasteiger partial charge is 0.188 e. The van der Waals surface area contributed by atoms with Gasteiger partial charge < -0.3 is 13.7 Å². The van der Waals surface area contributed by atoms with Crippen LogP contribution in [0.15, 0.2) is 176 Å². The van der Waals surface area contributed by atoms with Gasteiger partial charge >= 0.3 is 0 Å². The van der Waals surface area contributed by atoms with Crippen LogP contribution in [0, 0.1) is 17.9 Å². The second-order valence-corrected chi connectivity index (χ2v) is 14.0. The lowest BCUT2D eigenvalue weighted by Crippen LogP contribution is -2.02. The maximum absolute atomic E-state index is 10.6. The third-order valence-corrected chi connectivity index (χ3v) is 11.0. The predicted molar refractivity (Wildman–Crippen MR) is 226 cm³/mol. The number of aromatic nitrogens is 3. The number of nitrogens with zero attached hydrogens (tertiary/aromatic N) is 5. The minimum atomic E-state index is 0.562.